The summed E-state index contributed by atoms with van der Waals surface area (Å²) in [4.78, 5) is 43.2. The van der Waals surface area contributed by atoms with E-state index >= 15 is 0 Å². The van der Waals surface area contributed by atoms with Crippen LogP contribution in [0.4, 0.5) is 5.69 Å². The number of para-hydroxylation sites is 1. The molecule has 3 aliphatic heterocycles. The van der Waals surface area contributed by atoms with Gasteiger partial charge in [-0.3, -0.25) is 14.4 Å². The second kappa shape index (κ2) is 8.64. The Labute approximate surface area is 202 Å². The van der Waals surface area contributed by atoms with Gasteiger partial charge in [0.15, 0.2) is 0 Å². The van der Waals surface area contributed by atoms with Crippen LogP contribution >= 0.6 is 23.4 Å². The topological polar surface area (TPSA) is 98.2 Å². The maximum absolute atomic E-state index is 14.3. The SMILES string of the molecule is C=CCN(C(=O)C1N([C@H](C)CO)C(=O)[C@@H]2[C@H](C(=O)O)[C@@H]3CC(C)C12S3)c1c(C)cccc1Cl. The number of anilines is 1. The van der Waals surface area contributed by atoms with Gasteiger partial charge in [0.2, 0.25) is 5.91 Å². The fourth-order valence-corrected chi connectivity index (χ4v) is 8.84. The van der Waals surface area contributed by atoms with E-state index in [1.165, 1.54) is 16.7 Å². The summed E-state index contributed by atoms with van der Waals surface area (Å²) >= 11 is 7.99. The van der Waals surface area contributed by atoms with E-state index in [-0.39, 0.29) is 36.1 Å². The van der Waals surface area contributed by atoms with E-state index in [0.29, 0.717) is 17.1 Å². The Kier molecular flexibility index (Phi) is 6.31. The Hall–Kier alpha value is -2.03. The normalized spacial score (nSPS) is 33.2. The van der Waals surface area contributed by atoms with Crippen molar-refractivity contribution in [1.29, 1.82) is 0 Å². The smallest absolute Gasteiger partial charge is 0.308 e. The van der Waals surface area contributed by atoms with Gasteiger partial charge in [-0.25, -0.2) is 0 Å². The van der Waals surface area contributed by atoms with Gasteiger partial charge in [0.25, 0.3) is 5.91 Å². The molecule has 1 aromatic carbocycles. The molecule has 0 aliphatic carbocycles. The van der Waals surface area contributed by atoms with Crippen molar-refractivity contribution >= 4 is 46.8 Å². The molecule has 0 radical (unpaired) electrons. The van der Waals surface area contributed by atoms with E-state index in [4.69, 9.17) is 11.6 Å². The minimum atomic E-state index is -1.01. The number of nitrogens with zero attached hydrogens (tertiary/aromatic N) is 2. The van der Waals surface area contributed by atoms with Crippen molar-refractivity contribution < 1.29 is 24.6 Å². The van der Waals surface area contributed by atoms with Gasteiger partial charge in [-0.05, 0) is 37.8 Å². The van der Waals surface area contributed by atoms with Crippen LogP contribution in [0.25, 0.3) is 0 Å². The summed E-state index contributed by atoms with van der Waals surface area (Å²) in [6.45, 7) is 9.20. The standard InChI is InChI=1S/C24H29ClN2O5S/c1-5-9-26(19-12(2)7-6-8-15(19)25)22(30)20-24-13(3)10-16(33-24)17(23(31)32)18(24)21(29)27(20)14(4)11-28/h5-8,13-14,16-18,20,28H,1,9-11H2,2-4H3,(H,31,32)/t13?,14-,16+,17-,18+,20?,24?/m1/s1. The number of halogens is 1. The monoisotopic (exact) mass is 492 g/mol. The Morgan fingerprint density at radius 2 is 2.15 bits per heavy atom. The molecule has 3 heterocycles. The van der Waals surface area contributed by atoms with Crippen LogP contribution < -0.4 is 4.90 Å². The minimum Gasteiger partial charge on any atom is -0.481 e. The third kappa shape index (κ3) is 3.33. The molecular formula is C24H29ClN2O5S. The molecule has 9 heteroatoms. The van der Waals surface area contributed by atoms with Gasteiger partial charge in [0, 0.05) is 11.8 Å². The molecule has 2 amide bonds. The first kappa shape index (κ1) is 24.1. The van der Waals surface area contributed by atoms with Gasteiger partial charge >= 0.3 is 5.97 Å². The number of hydrogen-bond acceptors (Lipinski definition) is 5. The molecule has 2 N–H and O–H groups in total. The number of aliphatic hydroxyl groups excluding tert-OH is 1. The van der Waals surface area contributed by atoms with Gasteiger partial charge in [-0.2, -0.15) is 0 Å². The molecule has 0 aromatic heterocycles. The highest BCUT2D eigenvalue weighted by molar-refractivity contribution is 8.02. The van der Waals surface area contributed by atoms with E-state index in [1.807, 2.05) is 19.9 Å². The second-order valence-electron chi connectivity index (χ2n) is 9.31. The number of fused-ring (bicyclic) bond motifs is 1. The molecule has 7 nitrogen and oxygen atoms in total. The van der Waals surface area contributed by atoms with Crippen LogP contribution in [0.2, 0.25) is 5.02 Å². The highest BCUT2D eigenvalue weighted by Gasteiger charge is 2.76. The van der Waals surface area contributed by atoms with Crippen LogP contribution in [0.3, 0.4) is 0 Å². The van der Waals surface area contributed by atoms with Gasteiger partial charge < -0.3 is 20.0 Å². The summed E-state index contributed by atoms with van der Waals surface area (Å²) in [5.41, 5.74) is 1.35. The van der Waals surface area contributed by atoms with E-state index in [1.54, 1.807) is 30.0 Å². The summed E-state index contributed by atoms with van der Waals surface area (Å²) < 4.78 is -0.875. The number of carbonyl (C=O) groups excluding carboxylic acids is 2. The van der Waals surface area contributed by atoms with E-state index in [0.717, 1.165) is 5.56 Å². The average Bonchev–Trinajstić information content (AvgIpc) is 3.35. The minimum absolute atomic E-state index is 0.0418. The van der Waals surface area contributed by atoms with Gasteiger partial charge in [-0.1, -0.05) is 36.7 Å². The first-order chi connectivity index (χ1) is 15.6. The number of aryl methyl sites for hydroxylation is 1. The number of carboxylic acids is 1. The zero-order chi connectivity index (χ0) is 24.2. The summed E-state index contributed by atoms with van der Waals surface area (Å²) in [6, 6.07) is 3.83. The van der Waals surface area contributed by atoms with Gasteiger partial charge in [-0.15, -0.1) is 18.3 Å². The number of thioether (sulfide) groups is 1. The molecular weight excluding hydrogens is 464 g/mol. The molecule has 1 aromatic rings. The Morgan fingerprint density at radius 1 is 1.45 bits per heavy atom. The van der Waals surface area contributed by atoms with E-state index < -0.39 is 34.6 Å². The lowest BCUT2D eigenvalue weighted by molar-refractivity contribution is -0.149. The molecule has 3 fully saturated rings. The molecule has 2 bridgehead atoms. The third-order valence-corrected chi connectivity index (χ3v) is 9.86. The number of amides is 2. The van der Waals surface area contributed by atoms with Crippen molar-refractivity contribution in [2.24, 2.45) is 17.8 Å². The van der Waals surface area contributed by atoms with Gasteiger partial charge in [0.05, 0.1) is 39.9 Å². The van der Waals surface area contributed by atoms with Crippen molar-refractivity contribution in [2.45, 2.75) is 49.3 Å². The molecule has 4 rings (SSSR count). The molecule has 3 saturated heterocycles. The summed E-state index contributed by atoms with van der Waals surface area (Å²) in [5, 5.41) is 20.1. The number of benzene rings is 1. The van der Waals surface area contributed by atoms with Crippen molar-refractivity contribution in [2.75, 3.05) is 18.1 Å². The van der Waals surface area contributed by atoms with Crippen molar-refractivity contribution in [1.82, 2.24) is 4.90 Å². The van der Waals surface area contributed by atoms with Crippen molar-refractivity contribution in [3.8, 4) is 0 Å². The summed E-state index contributed by atoms with van der Waals surface area (Å²) in [7, 11) is 0. The summed E-state index contributed by atoms with van der Waals surface area (Å²) in [6.07, 6.45) is 2.23. The zero-order valence-corrected chi connectivity index (χ0v) is 20.5. The predicted octanol–water partition coefficient (Wildman–Crippen LogP) is 2.97. The van der Waals surface area contributed by atoms with Crippen molar-refractivity contribution in [3.63, 3.8) is 0 Å². The lowest BCUT2D eigenvalue weighted by Gasteiger charge is -2.41. The van der Waals surface area contributed by atoms with Crippen molar-refractivity contribution in [3.05, 3.63) is 41.4 Å². The Balaban J connectivity index is 1.89. The maximum Gasteiger partial charge on any atom is 0.308 e. The largest absolute Gasteiger partial charge is 0.481 e. The molecule has 7 atom stereocenters. The molecule has 0 saturated carbocycles. The fourth-order valence-electron chi connectivity index (χ4n) is 6.12. The molecule has 3 unspecified atom stereocenters. The second-order valence-corrected chi connectivity index (χ2v) is 11.3. The predicted molar refractivity (Wildman–Crippen MR) is 128 cm³/mol. The Morgan fingerprint density at radius 3 is 2.73 bits per heavy atom. The third-order valence-electron chi connectivity index (χ3n) is 7.48. The number of carbonyl (C=O) groups is 3. The number of rotatable bonds is 7. The average molecular weight is 493 g/mol. The molecule has 1 spiro atoms. The highest BCUT2D eigenvalue weighted by Crippen LogP contribution is 2.69. The van der Waals surface area contributed by atoms with Crippen LogP contribution in [-0.4, -0.2) is 68.1 Å². The number of hydrogen-bond donors (Lipinski definition) is 2. The number of aliphatic hydroxyl groups is 1. The first-order valence-electron chi connectivity index (χ1n) is 11.1. The van der Waals surface area contributed by atoms with Crippen LogP contribution in [0.5, 0.6) is 0 Å². The maximum atomic E-state index is 14.3. The Bertz CT molecular complexity index is 998. The van der Waals surface area contributed by atoms with E-state index in [9.17, 15) is 24.6 Å². The molecule has 33 heavy (non-hydrogen) atoms. The molecule has 178 valence electrons. The lowest BCUT2D eigenvalue weighted by Crippen LogP contribution is -2.59. The van der Waals surface area contributed by atoms with Crippen LogP contribution in [0.1, 0.15) is 25.8 Å². The van der Waals surface area contributed by atoms with Crippen LogP contribution in [0.15, 0.2) is 30.9 Å². The molecule has 3 aliphatic rings. The number of aliphatic carboxylic acids is 1. The lowest BCUT2D eigenvalue weighted by atomic mass is 9.66. The zero-order valence-electron chi connectivity index (χ0n) is 18.9. The van der Waals surface area contributed by atoms with Crippen LogP contribution in [-0.2, 0) is 14.4 Å². The highest BCUT2D eigenvalue weighted by atomic mass is 35.5. The quantitative estimate of drug-likeness (QED) is 0.568. The number of likely N-dealkylation sites (tertiary alicyclic amines) is 1. The first-order valence-corrected chi connectivity index (χ1v) is 12.4. The number of carboxylic acid groups (broad SMARTS) is 1. The van der Waals surface area contributed by atoms with E-state index in [2.05, 4.69) is 6.58 Å². The fraction of sp³-hybridized carbons (Fsp3) is 0.542. The van der Waals surface area contributed by atoms with Gasteiger partial charge in [0.1, 0.15) is 6.04 Å². The summed E-state index contributed by atoms with van der Waals surface area (Å²) in [5.74, 6) is -3.39. The van der Waals surface area contributed by atoms with Crippen LogP contribution in [0, 0.1) is 24.7 Å².